The lowest BCUT2D eigenvalue weighted by Gasteiger charge is -2.35. The Bertz CT molecular complexity index is 296. The van der Waals surface area contributed by atoms with E-state index in [-0.39, 0.29) is 31.1 Å². The van der Waals surface area contributed by atoms with Crippen LogP contribution in [0.2, 0.25) is 0 Å². The van der Waals surface area contributed by atoms with E-state index >= 15 is 0 Å². The van der Waals surface area contributed by atoms with Crippen molar-refractivity contribution in [2.24, 2.45) is 5.92 Å². The van der Waals surface area contributed by atoms with Crippen LogP contribution in [0, 0.1) is 17.2 Å². The van der Waals surface area contributed by atoms with Gasteiger partial charge in [0.15, 0.2) is 0 Å². The minimum absolute atomic E-state index is 0.0700. The molecule has 0 unspecified atom stereocenters. The van der Waals surface area contributed by atoms with Crippen molar-refractivity contribution in [2.75, 3.05) is 13.1 Å². The number of hydrogen-bond acceptors (Lipinski definition) is 2. The predicted octanol–water partition coefficient (Wildman–Crippen LogP) is 1.04. The molecule has 1 saturated carbocycles. The fourth-order valence-electron chi connectivity index (χ4n) is 2.09. The van der Waals surface area contributed by atoms with Gasteiger partial charge in [-0.05, 0) is 19.3 Å². The quantitative estimate of drug-likeness (QED) is 0.704. The first kappa shape index (κ1) is 10.2. The second-order valence-electron chi connectivity index (χ2n) is 4.29. The molecule has 1 aliphatic heterocycles. The number of nitriles is 1. The third kappa shape index (κ3) is 2.20. The molecule has 0 aromatic rings. The molecule has 1 N–H and O–H groups in total. The summed E-state index contributed by atoms with van der Waals surface area (Å²) >= 11 is 0. The van der Waals surface area contributed by atoms with E-state index in [0.717, 1.165) is 19.3 Å². The van der Waals surface area contributed by atoms with Crippen LogP contribution in [0.5, 0.6) is 0 Å². The van der Waals surface area contributed by atoms with Gasteiger partial charge in [-0.15, -0.1) is 0 Å². The highest BCUT2D eigenvalue weighted by Crippen LogP contribution is 2.25. The summed E-state index contributed by atoms with van der Waals surface area (Å²) in [5.41, 5.74) is 0. The average molecular weight is 211 g/mol. The van der Waals surface area contributed by atoms with Gasteiger partial charge in [-0.3, -0.25) is 0 Å². The molecule has 5 heteroatoms. The Labute approximate surface area is 88.0 Å². The molecule has 2 rings (SSSR count). The van der Waals surface area contributed by atoms with Crippen LogP contribution in [0.3, 0.4) is 0 Å². The minimum Gasteiger partial charge on any atom is -0.335 e. The Morgan fingerprint density at radius 3 is 2.73 bits per heavy atom. The van der Waals surface area contributed by atoms with Gasteiger partial charge >= 0.3 is 6.03 Å². The number of rotatable bonds is 1. The second-order valence-corrected chi connectivity index (χ2v) is 4.29. The third-order valence-corrected chi connectivity index (χ3v) is 3.07. The molecule has 0 bridgehead atoms. The fraction of sp³-hybridized carbons (Fsp3) is 0.800. The summed E-state index contributed by atoms with van der Waals surface area (Å²) in [4.78, 5) is 12.9. The minimum atomic E-state index is -0.855. The van der Waals surface area contributed by atoms with E-state index in [1.807, 2.05) is 0 Å². The molecule has 0 aromatic heterocycles. The van der Waals surface area contributed by atoms with Gasteiger partial charge in [0.05, 0.1) is 19.2 Å². The van der Waals surface area contributed by atoms with Crippen LogP contribution >= 0.6 is 0 Å². The van der Waals surface area contributed by atoms with Crippen LogP contribution in [0.1, 0.15) is 19.3 Å². The molecule has 1 saturated heterocycles. The lowest BCUT2D eigenvalue weighted by molar-refractivity contribution is 0.0882. The van der Waals surface area contributed by atoms with Crippen LogP contribution in [0.15, 0.2) is 0 Å². The molecule has 1 aliphatic carbocycles. The fourth-order valence-corrected chi connectivity index (χ4v) is 2.09. The number of nitrogens with zero attached hydrogens (tertiary/aromatic N) is 2. The zero-order valence-corrected chi connectivity index (χ0v) is 8.45. The second kappa shape index (κ2) is 4.05. The average Bonchev–Trinajstić information content (AvgIpc) is 2.60. The summed E-state index contributed by atoms with van der Waals surface area (Å²) in [6.45, 7) is 0.417. The molecule has 0 spiro atoms. The lowest BCUT2D eigenvalue weighted by atomic mass is 10.1. The monoisotopic (exact) mass is 211 g/mol. The van der Waals surface area contributed by atoms with Crippen molar-refractivity contribution in [1.29, 1.82) is 5.26 Å². The molecule has 82 valence electrons. The summed E-state index contributed by atoms with van der Waals surface area (Å²) in [5.74, 6) is 0.0700. The Morgan fingerprint density at radius 1 is 1.47 bits per heavy atom. The van der Waals surface area contributed by atoms with Crippen molar-refractivity contribution in [2.45, 2.75) is 31.5 Å². The van der Waals surface area contributed by atoms with Crippen molar-refractivity contribution in [3.8, 4) is 6.07 Å². The summed E-state index contributed by atoms with van der Waals surface area (Å²) in [6, 6.07) is 2.12. The smallest absolute Gasteiger partial charge is 0.317 e. The topological polar surface area (TPSA) is 56.1 Å². The van der Waals surface area contributed by atoms with Gasteiger partial charge < -0.3 is 10.2 Å². The predicted molar refractivity (Wildman–Crippen MR) is 51.7 cm³/mol. The molecule has 1 heterocycles. The zero-order chi connectivity index (χ0) is 10.8. The zero-order valence-electron chi connectivity index (χ0n) is 8.45. The van der Waals surface area contributed by atoms with E-state index in [9.17, 15) is 9.18 Å². The van der Waals surface area contributed by atoms with Crippen molar-refractivity contribution in [1.82, 2.24) is 10.2 Å². The van der Waals surface area contributed by atoms with Gasteiger partial charge in [0.2, 0.25) is 0 Å². The Balaban J connectivity index is 1.74. The summed E-state index contributed by atoms with van der Waals surface area (Å²) in [6.07, 6.45) is 1.59. The number of likely N-dealkylation sites (tertiary alicyclic amines) is 1. The third-order valence-electron chi connectivity index (χ3n) is 3.07. The first-order valence-corrected chi connectivity index (χ1v) is 5.28. The Morgan fingerprint density at radius 2 is 2.20 bits per heavy atom. The van der Waals surface area contributed by atoms with E-state index in [1.165, 1.54) is 4.90 Å². The van der Waals surface area contributed by atoms with Crippen molar-refractivity contribution < 1.29 is 9.18 Å². The van der Waals surface area contributed by atoms with Gasteiger partial charge in [0.1, 0.15) is 6.17 Å². The van der Waals surface area contributed by atoms with Gasteiger partial charge in [0.25, 0.3) is 0 Å². The highest BCUT2D eigenvalue weighted by Gasteiger charge is 2.33. The van der Waals surface area contributed by atoms with Gasteiger partial charge in [-0.25, -0.2) is 9.18 Å². The van der Waals surface area contributed by atoms with Crippen molar-refractivity contribution in [3.63, 3.8) is 0 Å². The van der Waals surface area contributed by atoms with E-state index in [2.05, 4.69) is 11.4 Å². The van der Waals surface area contributed by atoms with E-state index in [1.54, 1.807) is 0 Å². The number of amides is 2. The van der Waals surface area contributed by atoms with Crippen LogP contribution in [-0.2, 0) is 0 Å². The highest BCUT2D eigenvalue weighted by molar-refractivity contribution is 5.75. The largest absolute Gasteiger partial charge is 0.335 e. The molecule has 2 aliphatic rings. The number of nitrogens with one attached hydrogen (secondary N) is 1. The molecule has 2 atom stereocenters. The van der Waals surface area contributed by atoms with Crippen molar-refractivity contribution >= 4 is 6.03 Å². The Kier molecular flexibility index (Phi) is 2.76. The molecule has 2 amide bonds. The molecular formula is C10H14FN3O. The first-order valence-electron chi connectivity index (χ1n) is 5.28. The summed E-state index contributed by atoms with van der Waals surface area (Å²) in [7, 11) is 0. The van der Waals surface area contributed by atoms with Crippen LogP contribution in [0.25, 0.3) is 0 Å². The number of halogens is 1. The number of hydrogen-bond donors (Lipinski definition) is 1. The number of carbonyl (C=O) groups is 1. The normalized spacial score (nSPS) is 30.8. The summed E-state index contributed by atoms with van der Waals surface area (Å²) < 4.78 is 12.5. The molecule has 15 heavy (non-hydrogen) atoms. The number of alkyl halides is 1. The maximum Gasteiger partial charge on any atom is 0.317 e. The van der Waals surface area contributed by atoms with Crippen LogP contribution < -0.4 is 5.32 Å². The Hall–Kier alpha value is -1.31. The van der Waals surface area contributed by atoms with Crippen LogP contribution in [-0.4, -0.2) is 36.2 Å². The van der Waals surface area contributed by atoms with E-state index < -0.39 is 6.17 Å². The maximum absolute atomic E-state index is 12.5. The SMILES string of the molecule is N#C[C@H]1CC[C@@H](NC(=O)N2CC(F)C2)C1. The van der Waals surface area contributed by atoms with Crippen LogP contribution in [0.4, 0.5) is 9.18 Å². The summed E-state index contributed by atoms with van der Waals surface area (Å²) in [5, 5.41) is 11.5. The number of carbonyl (C=O) groups excluding carboxylic acids is 1. The molecule has 2 fully saturated rings. The standard InChI is InChI=1S/C10H14FN3O/c11-8-5-14(6-8)10(15)13-9-2-1-7(3-9)4-12/h7-9H,1-3,5-6H2,(H,13,15)/t7-,9+/m0/s1. The van der Waals surface area contributed by atoms with E-state index in [4.69, 9.17) is 5.26 Å². The van der Waals surface area contributed by atoms with Gasteiger partial charge in [-0.1, -0.05) is 0 Å². The molecule has 4 nitrogen and oxygen atoms in total. The van der Waals surface area contributed by atoms with Gasteiger partial charge in [0, 0.05) is 12.0 Å². The van der Waals surface area contributed by atoms with E-state index in [0.29, 0.717) is 0 Å². The first-order chi connectivity index (χ1) is 7.19. The molecular weight excluding hydrogens is 197 g/mol. The lowest BCUT2D eigenvalue weighted by Crippen LogP contribution is -2.56. The van der Waals surface area contributed by atoms with Gasteiger partial charge in [-0.2, -0.15) is 5.26 Å². The van der Waals surface area contributed by atoms with Crippen molar-refractivity contribution in [3.05, 3.63) is 0 Å². The number of urea groups is 1. The maximum atomic E-state index is 12.5. The molecule has 0 aromatic carbocycles. The molecule has 0 radical (unpaired) electrons. The highest BCUT2D eigenvalue weighted by atomic mass is 19.1.